The van der Waals surface area contributed by atoms with Gasteiger partial charge in [0, 0.05) is 37.4 Å². The van der Waals surface area contributed by atoms with Gasteiger partial charge >= 0.3 is 0 Å². The molecule has 1 saturated carbocycles. The van der Waals surface area contributed by atoms with Crippen molar-refractivity contribution in [1.29, 1.82) is 0 Å². The Hall–Kier alpha value is -0.880. The van der Waals surface area contributed by atoms with E-state index in [1.807, 2.05) is 32.9 Å². The van der Waals surface area contributed by atoms with Crippen molar-refractivity contribution in [3.05, 3.63) is 30.1 Å². The molecule has 22 heavy (non-hydrogen) atoms. The van der Waals surface area contributed by atoms with Crippen LogP contribution in [0.4, 0.5) is 0 Å². The van der Waals surface area contributed by atoms with E-state index in [0.29, 0.717) is 19.6 Å². The molecule has 2 atom stereocenters. The maximum absolute atomic E-state index is 12.4. The van der Waals surface area contributed by atoms with Crippen molar-refractivity contribution >= 4 is 30.7 Å². The molecule has 1 heterocycles. The number of aromatic nitrogens is 1. The Morgan fingerprint density at radius 1 is 1.41 bits per heavy atom. The van der Waals surface area contributed by atoms with Crippen LogP contribution in [0.1, 0.15) is 32.8 Å². The van der Waals surface area contributed by atoms with Crippen LogP contribution >= 0.6 is 24.8 Å². The van der Waals surface area contributed by atoms with Crippen LogP contribution in [0, 0.1) is 5.41 Å². The zero-order chi connectivity index (χ0) is 14.8. The molecule has 0 spiro atoms. The SMILES string of the molecule is CCOC1CC(N)(C(=O)NCc2ccncc2)C1(C)C.Cl.Cl. The summed E-state index contributed by atoms with van der Waals surface area (Å²) in [5, 5.41) is 2.91. The number of ether oxygens (including phenoxy) is 1. The number of hydrogen-bond acceptors (Lipinski definition) is 4. The van der Waals surface area contributed by atoms with E-state index in [1.165, 1.54) is 0 Å². The Bertz CT molecular complexity index is 485. The van der Waals surface area contributed by atoms with Crippen LogP contribution in [0.25, 0.3) is 0 Å². The molecule has 1 aliphatic carbocycles. The molecular weight excluding hydrogens is 325 g/mol. The summed E-state index contributed by atoms with van der Waals surface area (Å²) in [7, 11) is 0. The standard InChI is InChI=1S/C15H23N3O2.2ClH/c1-4-20-12-9-15(16,14(12,2)3)13(19)18-10-11-5-7-17-8-6-11;;/h5-8,12H,4,9-10,16H2,1-3H3,(H,18,19);2*1H. The van der Waals surface area contributed by atoms with Gasteiger partial charge in [-0.25, -0.2) is 0 Å². The molecule has 1 aromatic heterocycles. The number of nitrogens with zero attached hydrogens (tertiary/aromatic N) is 1. The number of carbonyl (C=O) groups excluding carboxylic acids is 1. The Balaban J connectivity index is 0.00000220. The molecule has 0 radical (unpaired) electrons. The molecule has 0 bridgehead atoms. The van der Waals surface area contributed by atoms with Gasteiger partial charge in [-0.15, -0.1) is 24.8 Å². The van der Waals surface area contributed by atoms with E-state index in [4.69, 9.17) is 10.5 Å². The largest absolute Gasteiger partial charge is 0.378 e. The summed E-state index contributed by atoms with van der Waals surface area (Å²) in [5.74, 6) is -0.115. The highest BCUT2D eigenvalue weighted by atomic mass is 35.5. The van der Waals surface area contributed by atoms with Crippen LogP contribution in [0.3, 0.4) is 0 Å². The minimum absolute atomic E-state index is 0. The molecule has 1 amide bonds. The fraction of sp³-hybridized carbons (Fsp3) is 0.600. The van der Waals surface area contributed by atoms with Crippen LogP contribution < -0.4 is 11.1 Å². The Morgan fingerprint density at radius 2 is 2.00 bits per heavy atom. The second-order valence-corrected chi connectivity index (χ2v) is 5.88. The summed E-state index contributed by atoms with van der Waals surface area (Å²) < 4.78 is 5.63. The molecule has 2 rings (SSSR count). The summed E-state index contributed by atoms with van der Waals surface area (Å²) in [6.45, 7) is 7.04. The monoisotopic (exact) mass is 349 g/mol. The molecule has 2 unspecified atom stereocenters. The van der Waals surface area contributed by atoms with E-state index in [1.54, 1.807) is 12.4 Å². The highest BCUT2D eigenvalue weighted by molar-refractivity contribution is 5.88. The van der Waals surface area contributed by atoms with Gasteiger partial charge in [0.2, 0.25) is 5.91 Å². The predicted molar refractivity (Wildman–Crippen MR) is 91.3 cm³/mol. The van der Waals surface area contributed by atoms with E-state index < -0.39 is 5.54 Å². The fourth-order valence-corrected chi connectivity index (χ4v) is 2.66. The van der Waals surface area contributed by atoms with Gasteiger partial charge in [-0.3, -0.25) is 9.78 Å². The predicted octanol–water partition coefficient (Wildman–Crippen LogP) is 2.07. The van der Waals surface area contributed by atoms with Gasteiger partial charge in [0.05, 0.1) is 6.10 Å². The molecule has 5 nitrogen and oxygen atoms in total. The number of amides is 1. The first-order chi connectivity index (χ1) is 9.41. The van der Waals surface area contributed by atoms with Gasteiger partial charge in [-0.05, 0) is 24.6 Å². The van der Waals surface area contributed by atoms with Gasteiger partial charge in [0.25, 0.3) is 0 Å². The zero-order valence-corrected chi connectivity index (χ0v) is 14.8. The number of hydrogen-bond donors (Lipinski definition) is 2. The minimum atomic E-state index is -0.861. The van der Waals surface area contributed by atoms with Crippen molar-refractivity contribution in [2.45, 2.75) is 45.4 Å². The molecule has 0 saturated heterocycles. The lowest BCUT2D eigenvalue weighted by Crippen LogP contribution is -2.75. The van der Waals surface area contributed by atoms with Gasteiger partial charge in [-0.1, -0.05) is 13.8 Å². The zero-order valence-electron chi connectivity index (χ0n) is 13.2. The van der Waals surface area contributed by atoms with E-state index in [-0.39, 0.29) is 42.2 Å². The molecule has 7 heteroatoms. The molecule has 1 fully saturated rings. The Kier molecular flexibility index (Phi) is 7.78. The van der Waals surface area contributed by atoms with E-state index in [9.17, 15) is 4.79 Å². The number of pyridine rings is 1. The number of halogens is 2. The lowest BCUT2D eigenvalue weighted by molar-refractivity contribution is -0.170. The third kappa shape index (κ3) is 3.71. The molecule has 126 valence electrons. The molecule has 0 aliphatic heterocycles. The van der Waals surface area contributed by atoms with Crippen LogP contribution in [-0.4, -0.2) is 29.1 Å². The first kappa shape index (κ1) is 21.1. The lowest BCUT2D eigenvalue weighted by atomic mass is 9.54. The van der Waals surface area contributed by atoms with Crippen LogP contribution in [0.2, 0.25) is 0 Å². The average Bonchev–Trinajstić information content (AvgIpc) is 2.45. The van der Waals surface area contributed by atoms with E-state index in [2.05, 4.69) is 10.3 Å². The van der Waals surface area contributed by atoms with Gasteiger partial charge in [0.15, 0.2) is 0 Å². The molecule has 3 N–H and O–H groups in total. The molecule has 0 aromatic carbocycles. The topological polar surface area (TPSA) is 77.2 Å². The van der Waals surface area contributed by atoms with Gasteiger partial charge in [-0.2, -0.15) is 0 Å². The second kappa shape index (κ2) is 8.11. The van der Waals surface area contributed by atoms with Crippen molar-refractivity contribution in [2.75, 3.05) is 6.61 Å². The van der Waals surface area contributed by atoms with Gasteiger partial charge < -0.3 is 15.8 Å². The average molecular weight is 350 g/mol. The van der Waals surface area contributed by atoms with Crippen molar-refractivity contribution in [2.24, 2.45) is 11.1 Å². The smallest absolute Gasteiger partial charge is 0.241 e. The first-order valence-electron chi connectivity index (χ1n) is 6.99. The summed E-state index contributed by atoms with van der Waals surface area (Å²) in [4.78, 5) is 16.3. The Morgan fingerprint density at radius 3 is 2.50 bits per heavy atom. The summed E-state index contributed by atoms with van der Waals surface area (Å²) in [5.41, 5.74) is 6.10. The number of rotatable bonds is 5. The van der Waals surface area contributed by atoms with E-state index in [0.717, 1.165) is 5.56 Å². The first-order valence-corrected chi connectivity index (χ1v) is 6.99. The number of nitrogens with two attached hydrogens (primary N) is 1. The number of nitrogens with one attached hydrogen (secondary N) is 1. The molecule has 1 aromatic rings. The second-order valence-electron chi connectivity index (χ2n) is 5.88. The summed E-state index contributed by atoms with van der Waals surface area (Å²) in [6, 6.07) is 3.75. The van der Waals surface area contributed by atoms with Crippen LogP contribution in [0.5, 0.6) is 0 Å². The van der Waals surface area contributed by atoms with Crippen molar-refractivity contribution < 1.29 is 9.53 Å². The van der Waals surface area contributed by atoms with Gasteiger partial charge in [0.1, 0.15) is 5.54 Å². The maximum atomic E-state index is 12.4. The highest BCUT2D eigenvalue weighted by Gasteiger charge is 2.62. The Labute approximate surface area is 144 Å². The van der Waals surface area contributed by atoms with Crippen molar-refractivity contribution in [3.8, 4) is 0 Å². The van der Waals surface area contributed by atoms with Crippen LogP contribution in [-0.2, 0) is 16.1 Å². The molecular formula is C15H25Cl2N3O2. The third-order valence-corrected chi connectivity index (χ3v) is 4.44. The number of carbonyl (C=O) groups is 1. The highest BCUT2D eigenvalue weighted by Crippen LogP contribution is 2.49. The fourth-order valence-electron chi connectivity index (χ4n) is 2.66. The molecule has 1 aliphatic rings. The van der Waals surface area contributed by atoms with E-state index >= 15 is 0 Å². The van der Waals surface area contributed by atoms with Crippen molar-refractivity contribution in [1.82, 2.24) is 10.3 Å². The third-order valence-electron chi connectivity index (χ3n) is 4.44. The summed E-state index contributed by atoms with van der Waals surface area (Å²) >= 11 is 0. The summed E-state index contributed by atoms with van der Waals surface area (Å²) in [6.07, 6.45) is 4.02. The lowest BCUT2D eigenvalue weighted by Gasteiger charge is -2.57. The maximum Gasteiger partial charge on any atom is 0.241 e. The minimum Gasteiger partial charge on any atom is -0.378 e. The normalized spacial score (nSPS) is 25.2. The quantitative estimate of drug-likeness (QED) is 0.852. The van der Waals surface area contributed by atoms with Crippen molar-refractivity contribution in [3.63, 3.8) is 0 Å². The van der Waals surface area contributed by atoms with Crippen LogP contribution in [0.15, 0.2) is 24.5 Å².